The first kappa shape index (κ1) is 17.1. The molecule has 30 heavy (non-hydrogen) atoms. The lowest BCUT2D eigenvalue weighted by atomic mass is 9.55. The molecule has 0 unspecified atom stereocenters. The highest BCUT2D eigenvalue weighted by atomic mass is 16.2. The van der Waals surface area contributed by atoms with Crippen molar-refractivity contribution < 1.29 is 14.4 Å². The van der Waals surface area contributed by atoms with Crippen LogP contribution in [0.3, 0.4) is 0 Å². The number of rotatable bonds is 2. The van der Waals surface area contributed by atoms with Gasteiger partial charge in [-0.1, -0.05) is 48.5 Å². The minimum absolute atomic E-state index is 0.191. The number of nitrogens with zero attached hydrogens (tertiary/aromatic N) is 2. The zero-order valence-electron chi connectivity index (χ0n) is 15.9. The summed E-state index contributed by atoms with van der Waals surface area (Å²) in [6.07, 6.45) is 2.96. The molecule has 146 valence electrons. The molecule has 2 heterocycles. The van der Waals surface area contributed by atoms with Gasteiger partial charge >= 0.3 is 0 Å². The van der Waals surface area contributed by atoms with E-state index in [2.05, 4.69) is 10.4 Å². The molecule has 2 aromatic carbocycles. The molecule has 6 nitrogen and oxygen atoms in total. The number of benzene rings is 2. The first-order valence-electron chi connectivity index (χ1n) is 9.93. The summed E-state index contributed by atoms with van der Waals surface area (Å²) in [4.78, 5) is 43.3. The Balaban J connectivity index is 1.44. The molecule has 6 heteroatoms. The number of imide groups is 1. The van der Waals surface area contributed by atoms with E-state index in [1.54, 1.807) is 18.3 Å². The first-order chi connectivity index (χ1) is 14.7. The highest BCUT2D eigenvalue weighted by Crippen LogP contribution is 2.60. The van der Waals surface area contributed by atoms with Crippen LogP contribution in [0.15, 0.2) is 73.1 Å². The fourth-order valence-electron chi connectivity index (χ4n) is 5.45. The van der Waals surface area contributed by atoms with Gasteiger partial charge in [0.1, 0.15) is 0 Å². The molecular weight excluding hydrogens is 378 g/mol. The Morgan fingerprint density at radius 3 is 1.70 bits per heavy atom. The summed E-state index contributed by atoms with van der Waals surface area (Å²) in [5.41, 5.74) is 7.23. The molecule has 3 aliphatic carbocycles. The highest BCUT2D eigenvalue weighted by molar-refractivity contribution is 6.09. The van der Waals surface area contributed by atoms with E-state index in [1.807, 2.05) is 48.5 Å². The van der Waals surface area contributed by atoms with Gasteiger partial charge in [-0.15, -0.1) is 0 Å². The lowest BCUT2D eigenvalue weighted by Crippen LogP contribution is -2.46. The second-order valence-corrected chi connectivity index (χ2v) is 7.96. The minimum Gasteiger partial charge on any atom is -0.272 e. The van der Waals surface area contributed by atoms with Crippen LogP contribution < -0.4 is 5.43 Å². The molecule has 0 saturated carbocycles. The van der Waals surface area contributed by atoms with Gasteiger partial charge in [-0.05, 0) is 34.4 Å². The van der Waals surface area contributed by atoms with Gasteiger partial charge in [0.2, 0.25) is 0 Å². The Bertz CT molecular complexity index is 1110. The van der Waals surface area contributed by atoms with Gasteiger partial charge in [0.05, 0.1) is 17.4 Å². The summed E-state index contributed by atoms with van der Waals surface area (Å²) >= 11 is 0. The Hall–Kier alpha value is -3.80. The monoisotopic (exact) mass is 395 g/mol. The molecule has 1 aromatic heterocycles. The summed E-state index contributed by atoms with van der Waals surface area (Å²) < 4.78 is 0. The number of nitrogens with one attached hydrogen (secondary N) is 1. The molecule has 2 atom stereocenters. The predicted molar refractivity (Wildman–Crippen MR) is 107 cm³/mol. The van der Waals surface area contributed by atoms with Gasteiger partial charge in [0.15, 0.2) is 0 Å². The van der Waals surface area contributed by atoms with Gasteiger partial charge in [0, 0.05) is 24.2 Å². The minimum atomic E-state index is -0.522. The number of pyridine rings is 1. The van der Waals surface area contributed by atoms with Crippen LogP contribution >= 0.6 is 0 Å². The Kier molecular flexibility index (Phi) is 3.47. The van der Waals surface area contributed by atoms with E-state index < -0.39 is 17.7 Å². The summed E-state index contributed by atoms with van der Waals surface area (Å²) in [6.45, 7) is 0. The quantitative estimate of drug-likeness (QED) is 0.677. The average Bonchev–Trinajstić information content (AvgIpc) is 3.05. The second-order valence-electron chi connectivity index (χ2n) is 7.96. The van der Waals surface area contributed by atoms with E-state index in [1.165, 1.54) is 6.20 Å². The number of carbonyl (C=O) groups is 3. The molecule has 0 spiro atoms. The van der Waals surface area contributed by atoms with Crippen LogP contribution in [0.1, 0.15) is 44.4 Å². The summed E-state index contributed by atoms with van der Waals surface area (Å²) in [6, 6.07) is 19.3. The van der Waals surface area contributed by atoms with Crippen molar-refractivity contribution in [3.05, 3.63) is 101 Å². The van der Waals surface area contributed by atoms with E-state index in [4.69, 9.17) is 0 Å². The molecule has 4 aliphatic rings. The number of hydrazine groups is 1. The third-order valence-electron chi connectivity index (χ3n) is 6.59. The number of hydrogen-bond donors (Lipinski definition) is 1. The third kappa shape index (κ3) is 2.13. The molecule has 1 aliphatic heterocycles. The van der Waals surface area contributed by atoms with Crippen molar-refractivity contribution in [1.29, 1.82) is 0 Å². The van der Waals surface area contributed by atoms with Crippen LogP contribution in [0.5, 0.6) is 0 Å². The van der Waals surface area contributed by atoms with Crippen molar-refractivity contribution in [1.82, 2.24) is 15.4 Å². The SMILES string of the molecule is O=C(NN1C(=O)[C@H]2C3c4ccccc4C(c4ccccc43)[C@@H]2C1=O)c1cccnc1. The second kappa shape index (κ2) is 6.10. The van der Waals surface area contributed by atoms with Gasteiger partial charge in [-0.2, -0.15) is 5.01 Å². The van der Waals surface area contributed by atoms with E-state index in [0.29, 0.717) is 5.56 Å². The largest absolute Gasteiger partial charge is 0.272 e. The predicted octanol–water partition coefficient (Wildman–Crippen LogP) is 2.62. The maximum absolute atomic E-state index is 13.4. The highest BCUT2D eigenvalue weighted by Gasteiger charge is 2.62. The molecule has 2 bridgehead atoms. The fourth-order valence-corrected chi connectivity index (χ4v) is 5.45. The van der Waals surface area contributed by atoms with E-state index in [0.717, 1.165) is 27.3 Å². The van der Waals surface area contributed by atoms with E-state index in [9.17, 15) is 14.4 Å². The normalized spacial score (nSPS) is 25.5. The maximum Gasteiger partial charge on any atom is 0.271 e. The van der Waals surface area contributed by atoms with Gasteiger partial charge in [-0.3, -0.25) is 24.8 Å². The van der Waals surface area contributed by atoms with Gasteiger partial charge in [-0.25, -0.2) is 0 Å². The number of hydrogen-bond acceptors (Lipinski definition) is 4. The lowest BCUT2D eigenvalue weighted by molar-refractivity contribution is -0.142. The number of aromatic nitrogens is 1. The Labute approximate surface area is 172 Å². The number of amides is 3. The molecule has 1 saturated heterocycles. The number of carbonyl (C=O) groups excluding carboxylic acids is 3. The topological polar surface area (TPSA) is 79.4 Å². The zero-order chi connectivity index (χ0) is 20.4. The molecule has 3 aromatic rings. The maximum atomic E-state index is 13.4. The third-order valence-corrected chi connectivity index (χ3v) is 6.59. The van der Waals surface area contributed by atoms with Gasteiger partial charge in [0.25, 0.3) is 17.7 Å². The summed E-state index contributed by atoms with van der Waals surface area (Å²) in [5.74, 6) is -2.62. The van der Waals surface area contributed by atoms with Crippen LogP contribution in [0, 0.1) is 11.8 Å². The Morgan fingerprint density at radius 2 is 1.27 bits per heavy atom. The van der Waals surface area contributed by atoms with Crippen LogP contribution in [-0.2, 0) is 9.59 Å². The van der Waals surface area contributed by atoms with Crippen LogP contribution in [-0.4, -0.2) is 27.7 Å². The van der Waals surface area contributed by atoms with Crippen molar-refractivity contribution >= 4 is 17.7 Å². The molecular formula is C24H17N3O3. The summed E-state index contributed by atoms with van der Waals surface area (Å²) in [5, 5.41) is 0.933. The van der Waals surface area contributed by atoms with Crippen molar-refractivity contribution in [3.8, 4) is 0 Å². The molecule has 3 amide bonds. The van der Waals surface area contributed by atoms with Crippen LogP contribution in [0.4, 0.5) is 0 Å². The van der Waals surface area contributed by atoms with Crippen molar-refractivity contribution in [3.63, 3.8) is 0 Å². The van der Waals surface area contributed by atoms with E-state index in [-0.39, 0.29) is 23.7 Å². The fraction of sp³-hybridized carbons (Fsp3) is 0.167. The molecule has 7 rings (SSSR count). The van der Waals surface area contributed by atoms with Crippen LogP contribution in [0.2, 0.25) is 0 Å². The molecule has 1 fully saturated rings. The zero-order valence-corrected chi connectivity index (χ0v) is 15.9. The van der Waals surface area contributed by atoms with Crippen molar-refractivity contribution in [2.24, 2.45) is 11.8 Å². The van der Waals surface area contributed by atoms with Crippen molar-refractivity contribution in [2.75, 3.05) is 0 Å². The summed E-state index contributed by atoms with van der Waals surface area (Å²) in [7, 11) is 0. The van der Waals surface area contributed by atoms with Crippen molar-refractivity contribution in [2.45, 2.75) is 11.8 Å². The smallest absolute Gasteiger partial charge is 0.271 e. The average molecular weight is 395 g/mol. The Morgan fingerprint density at radius 1 is 0.767 bits per heavy atom. The standard InChI is InChI=1S/C24H17N3O3/c28-22(13-6-5-11-25-12-13)26-27-23(29)20-18-14-7-1-2-8-15(14)19(21(20)24(27)30)17-10-4-3-9-16(17)18/h1-12,18-21H,(H,26,28)/t18?,19?,20-,21-/m0/s1. The van der Waals surface area contributed by atoms with E-state index >= 15 is 0 Å². The lowest BCUT2D eigenvalue weighted by Gasteiger charge is -2.45. The van der Waals surface area contributed by atoms with Crippen LogP contribution in [0.25, 0.3) is 0 Å². The first-order valence-corrected chi connectivity index (χ1v) is 9.93. The molecule has 1 N–H and O–H groups in total. The van der Waals surface area contributed by atoms with Gasteiger partial charge < -0.3 is 0 Å². The molecule has 0 radical (unpaired) electrons.